The molecule has 12 aliphatic heterocycles. The minimum atomic E-state index is -0.312. The smallest absolute Gasteiger partial charge is 0.312 e. The average molecular weight is 1620 g/mol. The molecule has 0 amide bonds. The molecular weight excluding hydrogens is 1450 g/mol. The van der Waals surface area contributed by atoms with Crippen LogP contribution in [-0.2, 0) is 85.8 Å². The van der Waals surface area contributed by atoms with Crippen molar-refractivity contribution in [3.8, 4) is 0 Å². The zero-order chi connectivity index (χ0) is 87.7. The summed E-state index contributed by atoms with van der Waals surface area (Å²) in [5.41, 5.74) is 0.368. The topological polar surface area (TPSA) is 237 Å². The summed E-state index contributed by atoms with van der Waals surface area (Å²) >= 11 is 0. The van der Waals surface area contributed by atoms with Gasteiger partial charge in [0.05, 0.1) is 67.0 Å². The molecule has 18 unspecified atom stereocenters. The van der Waals surface area contributed by atoms with Crippen LogP contribution in [0.4, 0.5) is 0 Å². The summed E-state index contributed by atoms with van der Waals surface area (Å²) in [4.78, 5) is 101. The Morgan fingerprint density at radius 2 is 0.957 bits per heavy atom. The van der Waals surface area contributed by atoms with E-state index in [1.807, 2.05) is 132 Å². The highest BCUT2D eigenvalue weighted by molar-refractivity contribution is 5.80. The minimum Gasteiger partial charge on any atom is -0.469 e. The van der Waals surface area contributed by atoms with Crippen LogP contribution in [0.2, 0.25) is 0 Å². The summed E-state index contributed by atoms with van der Waals surface area (Å²) in [5.74, 6) is 7.89. The maximum atomic E-state index is 11.8. The maximum Gasteiger partial charge on any atom is 0.312 e. The Morgan fingerprint density at radius 3 is 1.37 bits per heavy atom. The summed E-state index contributed by atoms with van der Waals surface area (Å²) in [6.45, 7) is 66.5. The van der Waals surface area contributed by atoms with Gasteiger partial charge in [-0.15, -0.1) is 0 Å². The Labute approximate surface area is 698 Å². The van der Waals surface area contributed by atoms with E-state index in [2.05, 4.69) is 94.7 Å². The minimum absolute atomic E-state index is 0.00984. The van der Waals surface area contributed by atoms with E-state index >= 15 is 0 Å². The van der Waals surface area contributed by atoms with Crippen molar-refractivity contribution in [2.45, 2.75) is 417 Å². The highest BCUT2D eigenvalue weighted by Crippen LogP contribution is 2.65. The fraction of sp³-hybridized carbons (Fsp3) is 0.907. The normalized spacial score (nSPS) is 39.1. The fourth-order valence-corrected chi connectivity index (χ4v) is 23.1. The van der Waals surface area contributed by atoms with Gasteiger partial charge in [0.2, 0.25) is 0 Å². The lowest BCUT2D eigenvalue weighted by atomic mass is 9.60. The third-order valence-electron chi connectivity index (χ3n) is 30.1. The molecule has 0 N–H and O–H groups in total. The molecule has 23 fully saturated rings. The zero-order valence-electron chi connectivity index (χ0n) is 79.0. The molecule has 12 heterocycles. The molecule has 0 aromatic heterocycles. The van der Waals surface area contributed by atoms with Gasteiger partial charge in [-0.25, -0.2) is 0 Å². The first-order valence-electron chi connectivity index (χ1n) is 46.2. The monoisotopic (exact) mass is 1620 g/mol. The SMILES string of the molecule is CC.CC.CC.CC.CC.CC.CC1(C)C2CC3C(=O)OC1C3C2.CC1(C)C2CC3CC2C(=O)OC31.CC1(C)CC(=O)OC1(C)C.CC1(C)CCC2CC1OC2=O.CC1(C)COC(=O)C1(C)C.CC12CC3CC(C1)OC(=O)C(C3)C2.CC12CC3CC(CC(C3)C(=O)O1)C2.CC12CC3CC(CC(C3)OC1=O)C2.COC(=O)CC(C)(C)C. The van der Waals surface area contributed by atoms with Gasteiger partial charge in [0, 0.05) is 33.0 Å². The van der Waals surface area contributed by atoms with Gasteiger partial charge in [-0.1, -0.05) is 180 Å². The first kappa shape index (κ1) is 101. The summed E-state index contributed by atoms with van der Waals surface area (Å²) in [6.07, 6.45) is 27.4. The molecule has 23 rings (SSSR count). The van der Waals surface area contributed by atoms with Crippen molar-refractivity contribution >= 4 is 53.7 Å². The fourth-order valence-electron chi connectivity index (χ4n) is 23.1. The van der Waals surface area contributed by atoms with Crippen molar-refractivity contribution < 1.29 is 85.8 Å². The molecule has 20 bridgehead atoms. The average Bonchev–Trinajstić information content (AvgIpc) is 1.56. The van der Waals surface area contributed by atoms with Gasteiger partial charge in [0.15, 0.2) is 0 Å². The highest BCUT2D eigenvalue weighted by atomic mass is 16.6. The molecule has 664 valence electrons. The Bertz CT molecular complexity index is 3180. The van der Waals surface area contributed by atoms with Gasteiger partial charge in [0.25, 0.3) is 0 Å². The number of carbonyl (C=O) groups is 9. The zero-order valence-corrected chi connectivity index (χ0v) is 79.0. The van der Waals surface area contributed by atoms with Crippen molar-refractivity contribution in [1.29, 1.82) is 0 Å². The van der Waals surface area contributed by atoms with E-state index in [0.717, 1.165) is 145 Å². The first-order chi connectivity index (χ1) is 53.4. The quantitative estimate of drug-likeness (QED) is 0.175. The van der Waals surface area contributed by atoms with Crippen LogP contribution in [0.15, 0.2) is 0 Å². The van der Waals surface area contributed by atoms with Gasteiger partial charge in [-0.05, 0) is 241 Å². The number of fused-ring (bicyclic) bond motifs is 7. The Kier molecular flexibility index (Phi) is 34.9. The van der Waals surface area contributed by atoms with Gasteiger partial charge in [-0.3, -0.25) is 43.2 Å². The van der Waals surface area contributed by atoms with E-state index in [1.165, 1.54) is 39.2 Å². The van der Waals surface area contributed by atoms with Crippen LogP contribution in [0.3, 0.4) is 0 Å². The molecule has 18 nitrogen and oxygen atoms in total. The second kappa shape index (κ2) is 39.8. The van der Waals surface area contributed by atoms with E-state index in [9.17, 15) is 43.2 Å². The second-order valence-electron chi connectivity index (χ2n) is 42.4. The highest BCUT2D eigenvalue weighted by Gasteiger charge is 2.67. The molecule has 0 spiro atoms. The van der Waals surface area contributed by atoms with E-state index in [0.29, 0.717) is 42.6 Å². The van der Waals surface area contributed by atoms with Crippen molar-refractivity contribution in [2.24, 2.45) is 132 Å². The predicted octanol–water partition coefficient (Wildman–Crippen LogP) is 22.4. The number of ether oxygens (including phenoxy) is 9. The third kappa shape index (κ3) is 23.3. The van der Waals surface area contributed by atoms with E-state index < -0.39 is 0 Å². The predicted molar refractivity (Wildman–Crippen MR) is 453 cm³/mol. The van der Waals surface area contributed by atoms with Gasteiger partial charge in [0.1, 0.15) is 41.7 Å². The number of cyclic esters (lactones) is 2. The summed E-state index contributed by atoms with van der Waals surface area (Å²) in [5, 5.41) is 0. The number of hydrogen-bond donors (Lipinski definition) is 0. The molecule has 11 aliphatic carbocycles. The van der Waals surface area contributed by atoms with Crippen molar-refractivity contribution in [3.63, 3.8) is 0 Å². The summed E-state index contributed by atoms with van der Waals surface area (Å²) in [6, 6.07) is 0. The van der Waals surface area contributed by atoms with E-state index in [-0.39, 0.29) is 168 Å². The Morgan fingerprint density at radius 1 is 0.443 bits per heavy atom. The van der Waals surface area contributed by atoms with Crippen LogP contribution >= 0.6 is 0 Å². The third-order valence-corrected chi connectivity index (χ3v) is 30.1. The number of methoxy groups -OCH3 is 1. The first-order valence-corrected chi connectivity index (χ1v) is 46.2. The summed E-state index contributed by atoms with van der Waals surface area (Å²) in [7, 11) is 1.41. The number of carbonyl (C=O) groups excluding carboxylic acids is 9. The standard InChI is InChI=1S/3C11H16O2.2C10H14O2.C9H14O2.2C8H14O2.C7H14O2.6C2H6/c1-11-5-7-2-8(6-11)4-9(3-7)13-10(11)12;1-11-5-7-2-8(6-11)4-9(3-7)10(12)13-11;1-11-4-7-2-8(5-11)10(12)13-9(3-7)6-11;1-10(2)5-3-6-7(4-5)9(11)12-8(6)10;1-10(2)7-4-5-3-6(7)9(11)12-8(5)10;1-9(2)4-3-6-5-7(9)11-8(6)10;1-7(2)5-10-6(9)8(7,3)4;1-7(2)5-6(9)10-8(7,3)4;1-7(2,3)5-6(8)9-4;6*1-2/h3*7-9H,2-6H2,1H3;2*5-8H,3-4H2,1-2H3;6-7H,3-5H2,1-2H3;2*5H2,1-4H3;5H2,1-4H3;6*1-2H3. The van der Waals surface area contributed by atoms with Crippen molar-refractivity contribution in [2.75, 3.05) is 13.7 Å². The lowest BCUT2D eigenvalue weighted by Crippen LogP contribution is -2.51. The molecule has 23 aliphatic rings. The maximum absolute atomic E-state index is 11.8. The van der Waals surface area contributed by atoms with E-state index in [1.54, 1.807) is 0 Å². The van der Waals surface area contributed by atoms with E-state index in [4.69, 9.17) is 37.9 Å². The van der Waals surface area contributed by atoms with Crippen molar-refractivity contribution in [1.82, 2.24) is 0 Å². The largest absolute Gasteiger partial charge is 0.469 e. The van der Waals surface area contributed by atoms with Gasteiger partial charge in [-0.2, -0.15) is 0 Å². The van der Waals surface area contributed by atoms with Crippen LogP contribution in [0, 0.1) is 132 Å². The lowest BCUT2D eigenvalue weighted by molar-refractivity contribution is -0.187. The lowest BCUT2D eigenvalue weighted by Gasteiger charge is -2.46. The Balaban J connectivity index is 0.000000228. The van der Waals surface area contributed by atoms with Crippen LogP contribution in [0.1, 0.15) is 376 Å². The molecule has 0 radical (unpaired) electrons. The van der Waals surface area contributed by atoms with Crippen LogP contribution < -0.4 is 0 Å². The van der Waals surface area contributed by atoms with Crippen LogP contribution in [0.25, 0.3) is 0 Å². The van der Waals surface area contributed by atoms with Crippen LogP contribution in [-0.4, -0.2) is 109 Å². The molecule has 11 saturated carbocycles. The molecule has 115 heavy (non-hydrogen) atoms. The second-order valence-corrected chi connectivity index (χ2v) is 42.4. The molecule has 18 heteroatoms. The van der Waals surface area contributed by atoms with Crippen molar-refractivity contribution in [3.05, 3.63) is 0 Å². The molecule has 18 atom stereocenters. The molecule has 0 aromatic rings. The van der Waals surface area contributed by atoms with Gasteiger partial charge < -0.3 is 42.6 Å². The molecular formula is C97H168O18. The Hall–Kier alpha value is -4.77. The summed E-state index contributed by atoms with van der Waals surface area (Å²) < 4.78 is 47.2. The number of esters is 9. The van der Waals surface area contributed by atoms with Gasteiger partial charge >= 0.3 is 53.7 Å². The number of hydrogen-bond acceptors (Lipinski definition) is 18. The number of rotatable bonds is 1. The van der Waals surface area contributed by atoms with Crippen LogP contribution in [0.5, 0.6) is 0 Å². The molecule has 0 aromatic carbocycles. The molecule has 12 saturated heterocycles.